The fraction of sp³-hybridized carbons (Fsp3) is 0.263. The molecule has 1 aliphatic heterocycles. The van der Waals surface area contributed by atoms with Crippen molar-refractivity contribution in [2.45, 2.75) is 19.1 Å². The second-order valence-corrected chi connectivity index (χ2v) is 6.23. The van der Waals surface area contributed by atoms with Crippen molar-refractivity contribution in [1.29, 1.82) is 0 Å². The molecule has 3 N–H and O–H groups in total. The molecule has 1 heterocycles. The van der Waals surface area contributed by atoms with Crippen LogP contribution in [0.25, 0.3) is 11.1 Å². The van der Waals surface area contributed by atoms with Gasteiger partial charge in [0.05, 0.1) is 18.8 Å². The Morgan fingerprint density at radius 1 is 1.25 bits per heavy atom. The number of benzene rings is 2. The highest BCUT2D eigenvalue weighted by Crippen LogP contribution is 2.29. The Morgan fingerprint density at radius 2 is 1.96 bits per heavy atom. The maximum absolute atomic E-state index is 14.6. The first kappa shape index (κ1) is 19.7. The molecule has 0 unspecified atom stereocenters. The molecule has 0 saturated carbocycles. The maximum atomic E-state index is 14.6. The van der Waals surface area contributed by atoms with Crippen molar-refractivity contribution < 1.29 is 27.5 Å². The number of halogens is 3. The van der Waals surface area contributed by atoms with Gasteiger partial charge < -0.3 is 15.8 Å². The molecular weight excluding hydrogens is 375 g/mol. The van der Waals surface area contributed by atoms with E-state index in [4.69, 9.17) is 10.5 Å². The summed E-state index contributed by atoms with van der Waals surface area (Å²) in [5, 5.41) is 1.99. The largest absolute Gasteiger partial charge is 0.442 e. The van der Waals surface area contributed by atoms with Crippen LogP contribution in [0.4, 0.5) is 23.7 Å². The number of amides is 2. The quantitative estimate of drug-likeness (QED) is 0.790. The van der Waals surface area contributed by atoms with Crippen molar-refractivity contribution in [2.24, 2.45) is 5.73 Å². The molecule has 1 aliphatic rings. The minimum absolute atomic E-state index is 0.00628. The number of carbonyl (C=O) groups excluding carboxylic acids is 2. The van der Waals surface area contributed by atoms with Crippen molar-refractivity contribution in [1.82, 2.24) is 5.32 Å². The third-order valence-electron chi connectivity index (χ3n) is 4.34. The van der Waals surface area contributed by atoms with Crippen molar-refractivity contribution in [3.05, 3.63) is 53.8 Å². The Kier molecular flexibility index (Phi) is 5.84. The predicted molar refractivity (Wildman–Crippen MR) is 96.4 cm³/mol. The van der Waals surface area contributed by atoms with Crippen LogP contribution in [0.5, 0.6) is 0 Å². The van der Waals surface area contributed by atoms with E-state index in [9.17, 15) is 22.8 Å². The molecule has 2 aromatic rings. The standard InChI is InChI=1S/C19H18F3N3O3/c20-16-7-13(5-6-15(16)12-3-1-11(8-23)2-4-12)25-10-14(28-19(25)27)9-24-18(26)17(21)22/h1-7,14,17H,8-10,23H2,(H,24,26)/t14-/m0/s1. The van der Waals surface area contributed by atoms with Gasteiger partial charge in [0.25, 0.3) is 5.91 Å². The van der Waals surface area contributed by atoms with Gasteiger partial charge in [-0.25, -0.2) is 9.18 Å². The lowest BCUT2D eigenvalue weighted by atomic mass is 10.0. The van der Waals surface area contributed by atoms with Crippen LogP contribution in [0.15, 0.2) is 42.5 Å². The SMILES string of the molecule is NCc1ccc(-c2ccc(N3C[C@H](CNC(=O)C(F)F)OC3=O)cc2F)cc1. The van der Waals surface area contributed by atoms with Crippen molar-refractivity contribution in [3.8, 4) is 11.1 Å². The number of nitrogens with two attached hydrogens (primary N) is 1. The molecule has 0 radical (unpaired) electrons. The third-order valence-corrected chi connectivity index (χ3v) is 4.34. The lowest BCUT2D eigenvalue weighted by molar-refractivity contribution is -0.132. The molecule has 2 aromatic carbocycles. The van der Waals surface area contributed by atoms with Crippen LogP contribution in [0.1, 0.15) is 5.56 Å². The van der Waals surface area contributed by atoms with Gasteiger partial charge in [-0.1, -0.05) is 24.3 Å². The predicted octanol–water partition coefficient (Wildman–Crippen LogP) is 2.66. The average molecular weight is 393 g/mol. The molecule has 2 amide bonds. The smallest absolute Gasteiger partial charge is 0.414 e. The van der Waals surface area contributed by atoms with Gasteiger partial charge in [-0.15, -0.1) is 0 Å². The van der Waals surface area contributed by atoms with Crippen LogP contribution in [0.3, 0.4) is 0 Å². The first-order chi connectivity index (χ1) is 13.4. The first-order valence-electron chi connectivity index (χ1n) is 8.52. The van der Waals surface area contributed by atoms with Crippen LogP contribution in [-0.2, 0) is 16.1 Å². The van der Waals surface area contributed by atoms with E-state index in [0.29, 0.717) is 17.7 Å². The number of cyclic esters (lactones) is 1. The highest BCUT2D eigenvalue weighted by molar-refractivity contribution is 5.90. The molecule has 1 saturated heterocycles. The molecule has 0 bridgehead atoms. The normalized spacial score (nSPS) is 16.4. The molecule has 0 spiro atoms. The van der Waals surface area contributed by atoms with E-state index in [0.717, 1.165) is 5.56 Å². The van der Waals surface area contributed by atoms with Gasteiger partial charge in [0.2, 0.25) is 0 Å². The van der Waals surface area contributed by atoms with Crippen LogP contribution in [0, 0.1) is 5.82 Å². The molecule has 28 heavy (non-hydrogen) atoms. The molecule has 148 valence electrons. The van der Waals surface area contributed by atoms with Crippen LogP contribution in [0.2, 0.25) is 0 Å². The Balaban J connectivity index is 1.71. The number of hydrogen-bond donors (Lipinski definition) is 2. The number of alkyl halides is 2. The summed E-state index contributed by atoms with van der Waals surface area (Å²) in [5.41, 5.74) is 7.77. The summed E-state index contributed by atoms with van der Waals surface area (Å²) in [7, 11) is 0. The van der Waals surface area contributed by atoms with Crippen molar-refractivity contribution in [3.63, 3.8) is 0 Å². The zero-order valence-electron chi connectivity index (χ0n) is 14.7. The van der Waals surface area contributed by atoms with Gasteiger partial charge in [-0.05, 0) is 29.3 Å². The third kappa shape index (κ3) is 4.25. The van der Waals surface area contributed by atoms with Gasteiger partial charge in [0.1, 0.15) is 11.9 Å². The highest BCUT2D eigenvalue weighted by atomic mass is 19.3. The van der Waals surface area contributed by atoms with E-state index in [-0.39, 0.29) is 18.8 Å². The zero-order valence-corrected chi connectivity index (χ0v) is 14.7. The first-order valence-corrected chi connectivity index (χ1v) is 8.52. The molecule has 3 rings (SSSR count). The van der Waals surface area contributed by atoms with Crippen LogP contribution < -0.4 is 16.0 Å². The summed E-state index contributed by atoms with van der Waals surface area (Å²) in [6, 6.07) is 11.4. The monoisotopic (exact) mass is 393 g/mol. The Hall–Kier alpha value is -3.07. The van der Waals surface area contributed by atoms with E-state index in [2.05, 4.69) is 0 Å². The number of rotatable bonds is 6. The maximum Gasteiger partial charge on any atom is 0.414 e. The van der Waals surface area contributed by atoms with E-state index < -0.39 is 30.3 Å². The molecule has 0 aromatic heterocycles. The summed E-state index contributed by atoms with van der Waals surface area (Å²) in [5.74, 6) is -1.97. The molecule has 1 fully saturated rings. The minimum atomic E-state index is -3.14. The highest BCUT2D eigenvalue weighted by Gasteiger charge is 2.33. The van der Waals surface area contributed by atoms with Crippen LogP contribution in [-0.4, -0.2) is 37.6 Å². The second kappa shape index (κ2) is 8.30. The Morgan fingerprint density at radius 3 is 2.57 bits per heavy atom. The molecule has 9 heteroatoms. The lowest BCUT2D eigenvalue weighted by Crippen LogP contribution is -2.37. The number of hydrogen-bond acceptors (Lipinski definition) is 4. The fourth-order valence-electron chi connectivity index (χ4n) is 2.86. The number of anilines is 1. The zero-order chi connectivity index (χ0) is 20.3. The summed E-state index contributed by atoms with van der Waals surface area (Å²) >= 11 is 0. The Labute approximate surface area is 159 Å². The molecule has 6 nitrogen and oxygen atoms in total. The van der Waals surface area contributed by atoms with Gasteiger partial charge >= 0.3 is 12.5 Å². The van der Waals surface area contributed by atoms with Crippen LogP contribution >= 0.6 is 0 Å². The van der Waals surface area contributed by atoms with E-state index in [1.165, 1.54) is 11.0 Å². The lowest BCUT2D eigenvalue weighted by Gasteiger charge is -2.15. The molecular formula is C19H18F3N3O3. The van der Waals surface area contributed by atoms with E-state index in [1.54, 1.807) is 36.4 Å². The molecule has 0 aliphatic carbocycles. The van der Waals surface area contributed by atoms with E-state index in [1.807, 2.05) is 5.32 Å². The van der Waals surface area contributed by atoms with Gasteiger partial charge in [-0.3, -0.25) is 9.69 Å². The van der Waals surface area contributed by atoms with Gasteiger partial charge in [-0.2, -0.15) is 8.78 Å². The van der Waals surface area contributed by atoms with E-state index >= 15 is 0 Å². The minimum Gasteiger partial charge on any atom is -0.442 e. The summed E-state index contributed by atoms with van der Waals surface area (Å²) < 4.78 is 44.0. The molecule has 1 atom stereocenters. The average Bonchev–Trinajstić information content (AvgIpc) is 3.06. The van der Waals surface area contributed by atoms with Crippen molar-refractivity contribution in [2.75, 3.05) is 18.0 Å². The number of nitrogens with zero attached hydrogens (tertiary/aromatic N) is 1. The van der Waals surface area contributed by atoms with Gasteiger partial charge in [0, 0.05) is 12.1 Å². The van der Waals surface area contributed by atoms with Crippen molar-refractivity contribution >= 4 is 17.7 Å². The Bertz CT molecular complexity index is 874. The fourth-order valence-corrected chi connectivity index (χ4v) is 2.86. The summed E-state index contributed by atoms with van der Waals surface area (Å²) in [6.07, 6.45) is -4.69. The van der Waals surface area contributed by atoms with Gasteiger partial charge in [0.15, 0.2) is 0 Å². The summed E-state index contributed by atoms with van der Waals surface area (Å²) in [4.78, 5) is 24.1. The number of carbonyl (C=O) groups is 2. The number of nitrogens with one attached hydrogen (secondary N) is 1. The second-order valence-electron chi connectivity index (χ2n) is 6.23. The summed E-state index contributed by atoms with van der Waals surface area (Å²) in [6.45, 7) is 0.142. The number of ether oxygens (including phenoxy) is 1. The topological polar surface area (TPSA) is 84.7 Å².